The second kappa shape index (κ2) is 6.44. The van der Waals surface area contributed by atoms with E-state index in [1.807, 2.05) is 35.7 Å². The lowest BCUT2D eigenvalue weighted by molar-refractivity contribution is 0.210. The molecule has 2 aromatic rings. The van der Waals surface area contributed by atoms with Crippen LogP contribution in [-0.4, -0.2) is 19.9 Å². The molecule has 0 atom stereocenters. The minimum Gasteiger partial charge on any atom is -0.312 e. The highest BCUT2D eigenvalue weighted by molar-refractivity contribution is 8.07. The Kier molecular flexibility index (Phi) is 4.86. The maximum absolute atomic E-state index is 9.24. The van der Waals surface area contributed by atoms with E-state index < -0.39 is 6.72 Å². The molecule has 8 heteroatoms. The summed E-state index contributed by atoms with van der Waals surface area (Å²) >= 11 is 6.56. The molecule has 0 aliphatic heterocycles. The fourth-order valence-corrected chi connectivity index (χ4v) is 3.03. The van der Waals surface area contributed by atoms with Crippen LogP contribution in [0.25, 0.3) is 10.1 Å². The van der Waals surface area contributed by atoms with Crippen LogP contribution in [0.5, 0.6) is 0 Å². The van der Waals surface area contributed by atoms with Crippen molar-refractivity contribution in [3.8, 4) is 6.07 Å². The third-order valence-electron chi connectivity index (χ3n) is 2.52. The van der Waals surface area contributed by atoms with Crippen LogP contribution in [0.3, 0.4) is 0 Å². The molecule has 5 nitrogen and oxygen atoms in total. The first-order valence-corrected chi connectivity index (χ1v) is 8.92. The number of rotatable bonds is 5. The summed E-state index contributed by atoms with van der Waals surface area (Å²) in [6, 6.07) is 9.77. The van der Waals surface area contributed by atoms with Crippen molar-refractivity contribution in [3.05, 3.63) is 35.2 Å². The molecule has 2 rings (SSSR count). The molecule has 0 amide bonds. The van der Waals surface area contributed by atoms with Crippen LogP contribution < -0.4 is 0 Å². The summed E-state index contributed by atoms with van der Waals surface area (Å²) in [6.45, 7) is -2.91. The zero-order valence-electron chi connectivity index (χ0n) is 10.8. The van der Waals surface area contributed by atoms with Crippen molar-refractivity contribution in [2.24, 2.45) is 5.16 Å². The second-order valence-electron chi connectivity index (χ2n) is 3.59. The number of hydrogen-bond donors (Lipinski definition) is 0. The Bertz CT molecular complexity index is 728. The first-order chi connectivity index (χ1) is 9.63. The van der Waals surface area contributed by atoms with Gasteiger partial charge in [-0.3, -0.25) is 0 Å². The molecule has 1 heterocycles. The summed E-state index contributed by atoms with van der Waals surface area (Å²) in [7, 11) is 2.76. The molecule has 0 radical (unpaired) electrons. The molecule has 0 bridgehead atoms. The van der Waals surface area contributed by atoms with Crippen molar-refractivity contribution in [1.82, 2.24) is 0 Å². The molecule has 0 aliphatic rings. The molecule has 1 aromatic heterocycles. The lowest BCUT2D eigenvalue weighted by Crippen LogP contribution is -1.98. The van der Waals surface area contributed by atoms with Gasteiger partial charge >= 0.3 is 6.72 Å². The van der Waals surface area contributed by atoms with Crippen LogP contribution in [0, 0.1) is 11.3 Å². The van der Waals surface area contributed by atoms with Gasteiger partial charge in [-0.05, 0) is 6.07 Å². The van der Waals surface area contributed by atoms with Crippen molar-refractivity contribution < 1.29 is 13.7 Å². The highest BCUT2D eigenvalue weighted by Crippen LogP contribution is 2.48. The average Bonchev–Trinajstić information content (AvgIpc) is 2.92. The molecule has 104 valence electrons. The normalized spacial score (nSPS) is 12.3. The number of nitrogens with zero attached hydrogens (tertiary/aromatic N) is 2. The van der Waals surface area contributed by atoms with Crippen molar-refractivity contribution in [2.45, 2.75) is 0 Å². The smallest absolute Gasteiger partial charge is 0.312 e. The Hall–Kier alpha value is -1.29. The van der Waals surface area contributed by atoms with Gasteiger partial charge in [0.2, 0.25) is 0 Å². The largest absolute Gasteiger partial charge is 0.401 e. The van der Waals surface area contributed by atoms with Gasteiger partial charge in [-0.25, -0.2) is 0 Å². The van der Waals surface area contributed by atoms with E-state index in [1.54, 1.807) is 0 Å². The summed E-state index contributed by atoms with van der Waals surface area (Å²) in [6.07, 6.45) is 0. The third kappa shape index (κ3) is 3.06. The topological polar surface area (TPSA) is 63.8 Å². The zero-order valence-corrected chi connectivity index (χ0v) is 13.3. The zero-order chi connectivity index (χ0) is 14.6. The predicted octanol–water partition coefficient (Wildman–Crippen LogP) is 3.66. The first kappa shape index (κ1) is 15.1. The van der Waals surface area contributed by atoms with Crippen LogP contribution in [0.2, 0.25) is 0 Å². The van der Waals surface area contributed by atoms with E-state index in [2.05, 4.69) is 5.16 Å². The van der Waals surface area contributed by atoms with E-state index in [-0.39, 0.29) is 5.71 Å². The Morgan fingerprint density at radius 1 is 1.35 bits per heavy atom. The molecule has 0 saturated heterocycles. The maximum Gasteiger partial charge on any atom is 0.401 e. The summed E-state index contributed by atoms with van der Waals surface area (Å²) < 4.78 is 16.1. The van der Waals surface area contributed by atoms with Gasteiger partial charge in [0.05, 0.1) is 0 Å². The van der Waals surface area contributed by atoms with E-state index in [9.17, 15) is 5.26 Å². The summed E-state index contributed by atoms with van der Waals surface area (Å²) in [4.78, 5) is 0. The fraction of sp³-hybridized carbons (Fsp3) is 0.167. The SMILES string of the molecule is COP(=S)(OC)O/N=C(\C#N)c1csc2ccccc12. The van der Waals surface area contributed by atoms with Crippen LogP contribution in [0.4, 0.5) is 0 Å². The van der Waals surface area contributed by atoms with Gasteiger partial charge in [-0.15, -0.1) is 11.3 Å². The van der Waals surface area contributed by atoms with Crippen LogP contribution in [-0.2, 0) is 25.5 Å². The Morgan fingerprint density at radius 2 is 2.05 bits per heavy atom. The molecule has 0 unspecified atom stereocenters. The highest BCUT2D eigenvalue weighted by atomic mass is 32.5. The van der Waals surface area contributed by atoms with Gasteiger partial charge in [0, 0.05) is 47.1 Å². The lowest BCUT2D eigenvalue weighted by Gasteiger charge is -2.13. The van der Waals surface area contributed by atoms with Crippen LogP contribution in [0.1, 0.15) is 5.56 Å². The van der Waals surface area contributed by atoms with E-state index in [4.69, 9.17) is 25.5 Å². The molecular formula is C12H11N2O3PS2. The van der Waals surface area contributed by atoms with E-state index in [0.717, 1.165) is 10.1 Å². The van der Waals surface area contributed by atoms with E-state index in [1.165, 1.54) is 25.6 Å². The van der Waals surface area contributed by atoms with Gasteiger partial charge in [-0.1, -0.05) is 23.4 Å². The number of nitriles is 1. The summed E-state index contributed by atoms with van der Waals surface area (Å²) in [5.74, 6) is 0. The molecule has 0 saturated carbocycles. The van der Waals surface area contributed by atoms with Crippen molar-refractivity contribution >= 4 is 45.7 Å². The molecule has 0 aliphatic carbocycles. The second-order valence-corrected chi connectivity index (χ2v) is 7.63. The minimum absolute atomic E-state index is 0.144. The molecule has 1 aromatic carbocycles. The Labute approximate surface area is 125 Å². The minimum atomic E-state index is -2.91. The molecule has 0 N–H and O–H groups in total. The van der Waals surface area contributed by atoms with Crippen molar-refractivity contribution in [1.29, 1.82) is 5.26 Å². The van der Waals surface area contributed by atoms with Gasteiger partial charge in [0.1, 0.15) is 6.07 Å². The number of benzene rings is 1. The van der Waals surface area contributed by atoms with Crippen molar-refractivity contribution in [3.63, 3.8) is 0 Å². The van der Waals surface area contributed by atoms with Gasteiger partial charge < -0.3 is 13.7 Å². The quantitative estimate of drug-likeness (QED) is 0.476. The monoisotopic (exact) mass is 326 g/mol. The van der Waals surface area contributed by atoms with Crippen LogP contribution in [0.15, 0.2) is 34.8 Å². The highest BCUT2D eigenvalue weighted by Gasteiger charge is 2.19. The first-order valence-electron chi connectivity index (χ1n) is 5.48. The predicted molar refractivity (Wildman–Crippen MR) is 83.4 cm³/mol. The standard InChI is InChI=1S/C12H11N2O3PS2/c1-15-18(19,16-2)17-14-11(7-13)10-8-20-12-6-4-3-5-9(10)12/h3-6,8H,1-2H3/b14-11+. The number of oxime groups is 1. The third-order valence-corrected chi connectivity index (χ3v) is 5.76. The summed E-state index contributed by atoms with van der Waals surface area (Å²) in [5.41, 5.74) is 0.854. The fourth-order valence-electron chi connectivity index (χ4n) is 1.52. The van der Waals surface area contributed by atoms with E-state index in [0.29, 0.717) is 5.56 Å². The van der Waals surface area contributed by atoms with Crippen LogP contribution >= 0.6 is 18.1 Å². The Morgan fingerprint density at radius 3 is 2.70 bits per heavy atom. The summed E-state index contributed by atoms with van der Waals surface area (Å²) in [5, 5.41) is 15.9. The van der Waals surface area contributed by atoms with Gasteiger partial charge in [0.15, 0.2) is 5.71 Å². The number of thiophene rings is 1. The lowest BCUT2D eigenvalue weighted by atomic mass is 10.1. The average molecular weight is 326 g/mol. The number of hydrogen-bond acceptors (Lipinski definition) is 7. The van der Waals surface area contributed by atoms with E-state index >= 15 is 0 Å². The van der Waals surface area contributed by atoms with Crippen molar-refractivity contribution in [2.75, 3.05) is 14.2 Å². The molecule has 0 fully saturated rings. The molecule has 0 spiro atoms. The molecular weight excluding hydrogens is 315 g/mol. The maximum atomic E-state index is 9.24. The number of fused-ring (bicyclic) bond motifs is 1. The molecule has 20 heavy (non-hydrogen) atoms. The van der Waals surface area contributed by atoms with Gasteiger partial charge in [0.25, 0.3) is 0 Å². The van der Waals surface area contributed by atoms with Gasteiger partial charge in [-0.2, -0.15) is 5.26 Å². The Balaban J connectivity index is 2.38.